The minimum Gasteiger partial charge on any atom is -0.481 e. The van der Waals surface area contributed by atoms with Crippen molar-refractivity contribution >= 4 is 17.0 Å². The molecule has 0 fully saturated rings. The number of aliphatic carboxylic acids is 1. The predicted molar refractivity (Wildman–Crippen MR) is 57.9 cm³/mol. The third-order valence-electron chi connectivity index (χ3n) is 2.50. The number of carbonyl (C=O) groups is 1. The molecule has 0 aliphatic heterocycles. The molecule has 0 unspecified atom stereocenters. The zero-order valence-corrected chi connectivity index (χ0v) is 8.79. The van der Waals surface area contributed by atoms with Crippen molar-refractivity contribution in [1.29, 1.82) is 0 Å². The summed E-state index contributed by atoms with van der Waals surface area (Å²) in [5.41, 5.74) is 2.28. The Morgan fingerprint density at radius 1 is 1.56 bits per heavy atom. The van der Waals surface area contributed by atoms with E-state index >= 15 is 0 Å². The summed E-state index contributed by atoms with van der Waals surface area (Å²) in [5.74, 6) is -1.02. The minimum atomic E-state index is -1.02. The Hall–Kier alpha value is -1.88. The molecule has 2 aromatic rings. The molecular formula is C11H12N2O3. The van der Waals surface area contributed by atoms with Gasteiger partial charge in [-0.15, -0.1) is 0 Å². The summed E-state index contributed by atoms with van der Waals surface area (Å²) in [6.07, 6.45) is 0.403. The van der Waals surface area contributed by atoms with Crippen molar-refractivity contribution in [2.24, 2.45) is 7.05 Å². The number of benzene rings is 1. The maximum Gasteiger partial charge on any atom is 0.306 e. The fourth-order valence-corrected chi connectivity index (χ4v) is 1.64. The number of hydrogen-bond acceptors (Lipinski definition) is 3. The zero-order chi connectivity index (χ0) is 11.7. The maximum atomic E-state index is 10.5. The first-order chi connectivity index (χ1) is 7.58. The van der Waals surface area contributed by atoms with Gasteiger partial charge in [0.15, 0.2) is 0 Å². The van der Waals surface area contributed by atoms with Crippen LogP contribution in [0.4, 0.5) is 0 Å². The fourth-order valence-electron chi connectivity index (χ4n) is 1.64. The molecule has 2 N–H and O–H groups in total. The molecule has 5 nitrogen and oxygen atoms in total. The minimum absolute atomic E-state index is 0.293. The van der Waals surface area contributed by atoms with E-state index in [0.29, 0.717) is 5.56 Å². The quantitative estimate of drug-likeness (QED) is 0.811. The van der Waals surface area contributed by atoms with Gasteiger partial charge >= 0.3 is 5.97 Å². The van der Waals surface area contributed by atoms with Crippen LogP contribution in [0.2, 0.25) is 0 Å². The van der Waals surface area contributed by atoms with Crippen LogP contribution in [-0.2, 0) is 11.8 Å². The van der Waals surface area contributed by atoms with E-state index in [4.69, 9.17) is 5.11 Å². The van der Waals surface area contributed by atoms with Crippen molar-refractivity contribution in [1.82, 2.24) is 9.55 Å². The Labute approximate surface area is 92.0 Å². The summed E-state index contributed by atoms with van der Waals surface area (Å²) in [6, 6.07) is 5.25. The van der Waals surface area contributed by atoms with Gasteiger partial charge in [0.2, 0.25) is 0 Å². The molecule has 1 heterocycles. The van der Waals surface area contributed by atoms with Crippen LogP contribution in [-0.4, -0.2) is 25.7 Å². The summed E-state index contributed by atoms with van der Waals surface area (Å²) < 4.78 is 1.86. The number of nitrogens with zero attached hydrogens (tertiary/aromatic N) is 2. The third kappa shape index (κ3) is 1.90. The third-order valence-corrected chi connectivity index (χ3v) is 2.50. The van der Waals surface area contributed by atoms with E-state index in [9.17, 15) is 9.90 Å². The highest BCUT2D eigenvalue weighted by molar-refractivity contribution is 5.76. The molecule has 0 amide bonds. The van der Waals surface area contributed by atoms with Gasteiger partial charge in [0.1, 0.15) is 0 Å². The number of fused-ring (bicyclic) bond motifs is 1. The largest absolute Gasteiger partial charge is 0.481 e. The normalized spacial score (nSPS) is 12.9. The number of carboxylic acid groups (broad SMARTS) is 1. The molecule has 0 bridgehead atoms. The molecule has 0 saturated heterocycles. The van der Waals surface area contributed by atoms with Crippen LogP contribution < -0.4 is 0 Å². The summed E-state index contributed by atoms with van der Waals surface area (Å²) >= 11 is 0. The van der Waals surface area contributed by atoms with Crippen LogP contribution in [0.25, 0.3) is 11.0 Å². The maximum absolute atomic E-state index is 10.5. The van der Waals surface area contributed by atoms with E-state index in [1.807, 2.05) is 17.7 Å². The lowest BCUT2D eigenvalue weighted by Crippen LogP contribution is -2.05. The number of aliphatic hydroxyl groups is 1. The lowest BCUT2D eigenvalue weighted by atomic mass is 10.1. The smallest absolute Gasteiger partial charge is 0.306 e. The van der Waals surface area contributed by atoms with Gasteiger partial charge in [-0.2, -0.15) is 0 Å². The Kier molecular flexibility index (Phi) is 2.62. The molecule has 5 heteroatoms. The second-order valence-electron chi connectivity index (χ2n) is 3.72. The average molecular weight is 220 g/mol. The van der Waals surface area contributed by atoms with E-state index in [1.54, 1.807) is 18.5 Å². The molecule has 0 aliphatic rings. The number of hydrogen-bond donors (Lipinski definition) is 2. The van der Waals surface area contributed by atoms with Crippen molar-refractivity contribution in [2.45, 2.75) is 12.5 Å². The van der Waals surface area contributed by atoms with Gasteiger partial charge in [-0.05, 0) is 17.7 Å². The first-order valence-corrected chi connectivity index (χ1v) is 4.89. The summed E-state index contributed by atoms with van der Waals surface area (Å²) in [7, 11) is 1.88. The fraction of sp³-hybridized carbons (Fsp3) is 0.273. The van der Waals surface area contributed by atoms with E-state index in [2.05, 4.69) is 4.98 Å². The highest BCUT2D eigenvalue weighted by atomic mass is 16.4. The van der Waals surface area contributed by atoms with Crippen molar-refractivity contribution in [3.8, 4) is 0 Å². The molecule has 1 aromatic heterocycles. The summed E-state index contributed by atoms with van der Waals surface area (Å²) in [5, 5.41) is 18.2. The number of carboxylic acids is 1. The van der Waals surface area contributed by atoms with E-state index in [0.717, 1.165) is 11.0 Å². The molecule has 0 spiro atoms. The van der Waals surface area contributed by atoms with Crippen LogP contribution >= 0.6 is 0 Å². The molecule has 0 aliphatic carbocycles. The molecule has 1 atom stereocenters. The predicted octanol–water partition coefficient (Wildman–Crippen LogP) is 1.08. The lowest BCUT2D eigenvalue weighted by molar-refractivity contribution is -0.139. The number of imidazole rings is 1. The number of rotatable bonds is 3. The van der Waals surface area contributed by atoms with Crippen LogP contribution in [0.1, 0.15) is 18.1 Å². The molecule has 16 heavy (non-hydrogen) atoms. The first kappa shape index (κ1) is 10.6. The SMILES string of the molecule is Cn1cnc2cc([C@H](O)CC(=O)O)ccc21. The standard InChI is InChI=1S/C11H12N2O3/c1-13-6-12-8-4-7(2-3-9(8)13)10(14)5-11(15)16/h2-4,6,10,14H,5H2,1H3,(H,15,16)/t10-/m1/s1. The van der Waals surface area contributed by atoms with Gasteiger partial charge in [-0.3, -0.25) is 4.79 Å². The Morgan fingerprint density at radius 3 is 3.00 bits per heavy atom. The van der Waals surface area contributed by atoms with E-state index in [1.165, 1.54) is 0 Å². The molecule has 1 aromatic carbocycles. The Bertz CT molecular complexity index is 533. The Balaban J connectivity index is 2.35. The monoisotopic (exact) mass is 220 g/mol. The van der Waals surface area contributed by atoms with Gasteiger partial charge in [0.05, 0.1) is 29.9 Å². The van der Waals surface area contributed by atoms with Crippen LogP contribution in [0, 0.1) is 0 Å². The van der Waals surface area contributed by atoms with Crippen LogP contribution in [0.3, 0.4) is 0 Å². The van der Waals surface area contributed by atoms with Gasteiger partial charge in [0.25, 0.3) is 0 Å². The van der Waals surface area contributed by atoms with Crippen molar-refractivity contribution < 1.29 is 15.0 Å². The highest BCUT2D eigenvalue weighted by Crippen LogP contribution is 2.21. The first-order valence-electron chi connectivity index (χ1n) is 4.89. The van der Waals surface area contributed by atoms with E-state index < -0.39 is 12.1 Å². The number of aryl methyl sites for hydroxylation is 1. The van der Waals surface area contributed by atoms with E-state index in [-0.39, 0.29) is 6.42 Å². The van der Waals surface area contributed by atoms with Crippen molar-refractivity contribution in [2.75, 3.05) is 0 Å². The second-order valence-corrected chi connectivity index (χ2v) is 3.72. The van der Waals surface area contributed by atoms with Gasteiger partial charge in [-0.1, -0.05) is 6.07 Å². The second kappa shape index (κ2) is 3.94. The van der Waals surface area contributed by atoms with Crippen LogP contribution in [0.5, 0.6) is 0 Å². The van der Waals surface area contributed by atoms with Crippen LogP contribution in [0.15, 0.2) is 24.5 Å². The van der Waals surface area contributed by atoms with Crippen molar-refractivity contribution in [3.05, 3.63) is 30.1 Å². The molecule has 0 saturated carbocycles. The number of aliphatic hydroxyl groups excluding tert-OH is 1. The summed E-state index contributed by atoms with van der Waals surface area (Å²) in [6.45, 7) is 0. The zero-order valence-electron chi connectivity index (χ0n) is 8.79. The van der Waals surface area contributed by atoms with Gasteiger partial charge in [0, 0.05) is 7.05 Å². The Morgan fingerprint density at radius 2 is 2.31 bits per heavy atom. The topological polar surface area (TPSA) is 75.3 Å². The lowest BCUT2D eigenvalue weighted by Gasteiger charge is -2.07. The van der Waals surface area contributed by atoms with Gasteiger partial charge < -0.3 is 14.8 Å². The number of aromatic nitrogens is 2. The molecule has 0 radical (unpaired) electrons. The molecule has 84 valence electrons. The molecular weight excluding hydrogens is 208 g/mol. The highest BCUT2D eigenvalue weighted by Gasteiger charge is 2.13. The molecule has 2 rings (SSSR count). The van der Waals surface area contributed by atoms with Crippen molar-refractivity contribution in [3.63, 3.8) is 0 Å². The summed E-state index contributed by atoms with van der Waals surface area (Å²) in [4.78, 5) is 14.6. The average Bonchev–Trinajstić information content (AvgIpc) is 2.59. The van der Waals surface area contributed by atoms with Gasteiger partial charge in [-0.25, -0.2) is 4.98 Å².